The maximum atomic E-state index is 5.59. The molecule has 0 spiro atoms. The third-order valence-electron chi connectivity index (χ3n) is 3.44. The molecule has 3 heteroatoms. The quantitative estimate of drug-likeness (QED) is 0.823. The first-order chi connectivity index (χ1) is 7.90. The number of hydrogen-bond donors (Lipinski definition) is 2. The minimum atomic E-state index is 0.393. The molecule has 3 rings (SSSR count). The fourth-order valence-electron chi connectivity index (χ4n) is 2.43. The molecule has 1 saturated heterocycles. The third-order valence-corrected chi connectivity index (χ3v) is 3.44. The monoisotopic (exact) mass is 216 g/mol. The highest BCUT2D eigenvalue weighted by molar-refractivity contribution is 5.81. The fourth-order valence-corrected chi connectivity index (χ4v) is 2.43. The van der Waals surface area contributed by atoms with Crippen LogP contribution in [0, 0.1) is 5.92 Å². The van der Waals surface area contributed by atoms with E-state index < -0.39 is 0 Å². The van der Waals surface area contributed by atoms with Crippen LogP contribution in [0.15, 0.2) is 34.9 Å². The van der Waals surface area contributed by atoms with Gasteiger partial charge >= 0.3 is 0 Å². The Morgan fingerprint density at radius 3 is 2.88 bits per heavy atom. The van der Waals surface area contributed by atoms with Crippen LogP contribution < -0.4 is 10.6 Å². The second kappa shape index (κ2) is 3.92. The number of furan rings is 1. The number of rotatable bonds is 3. The SMILES string of the molecule is CNC(c1coc2ccccc12)C1CNC1. The van der Waals surface area contributed by atoms with Crippen molar-refractivity contribution in [2.75, 3.05) is 20.1 Å². The van der Waals surface area contributed by atoms with E-state index in [1.165, 1.54) is 10.9 Å². The largest absolute Gasteiger partial charge is 0.464 e. The van der Waals surface area contributed by atoms with E-state index in [1.807, 2.05) is 25.4 Å². The van der Waals surface area contributed by atoms with E-state index in [2.05, 4.69) is 22.8 Å². The van der Waals surface area contributed by atoms with Crippen LogP contribution in [0.2, 0.25) is 0 Å². The summed E-state index contributed by atoms with van der Waals surface area (Å²) in [5.74, 6) is 0.672. The minimum absolute atomic E-state index is 0.393. The second-order valence-corrected chi connectivity index (χ2v) is 4.37. The van der Waals surface area contributed by atoms with Gasteiger partial charge in [0.2, 0.25) is 0 Å². The molecule has 2 aromatic rings. The Labute approximate surface area is 94.8 Å². The van der Waals surface area contributed by atoms with Gasteiger partial charge in [-0.25, -0.2) is 0 Å². The average Bonchev–Trinajstić information content (AvgIpc) is 2.67. The maximum absolute atomic E-state index is 5.59. The first-order valence-electron chi connectivity index (χ1n) is 5.74. The number of hydrogen-bond acceptors (Lipinski definition) is 3. The molecule has 1 aromatic carbocycles. The molecule has 16 heavy (non-hydrogen) atoms. The molecule has 0 saturated carbocycles. The van der Waals surface area contributed by atoms with E-state index in [1.54, 1.807) is 0 Å². The fraction of sp³-hybridized carbons (Fsp3) is 0.385. The molecule has 0 aliphatic carbocycles. The summed E-state index contributed by atoms with van der Waals surface area (Å²) in [6.45, 7) is 2.18. The van der Waals surface area contributed by atoms with Gasteiger partial charge < -0.3 is 15.1 Å². The topological polar surface area (TPSA) is 37.2 Å². The van der Waals surface area contributed by atoms with E-state index in [0.29, 0.717) is 12.0 Å². The van der Waals surface area contributed by atoms with Crippen LogP contribution in [0.5, 0.6) is 0 Å². The van der Waals surface area contributed by atoms with Gasteiger partial charge in [-0.1, -0.05) is 18.2 Å². The van der Waals surface area contributed by atoms with Crippen molar-refractivity contribution in [3.63, 3.8) is 0 Å². The van der Waals surface area contributed by atoms with Crippen LogP contribution >= 0.6 is 0 Å². The van der Waals surface area contributed by atoms with Gasteiger partial charge in [0.05, 0.1) is 6.26 Å². The lowest BCUT2D eigenvalue weighted by Gasteiger charge is -2.34. The highest BCUT2D eigenvalue weighted by Gasteiger charge is 2.29. The van der Waals surface area contributed by atoms with Crippen molar-refractivity contribution in [2.45, 2.75) is 6.04 Å². The summed E-state index contributed by atoms with van der Waals surface area (Å²) in [5, 5.41) is 7.94. The lowest BCUT2D eigenvalue weighted by atomic mass is 9.88. The summed E-state index contributed by atoms with van der Waals surface area (Å²) in [7, 11) is 2.02. The molecule has 2 heterocycles. The standard InChI is InChI=1S/C13H16N2O/c1-14-13(9-6-15-7-9)11-8-16-12-5-3-2-4-10(11)12/h2-5,8-9,13-15H,6-7H2,1H3. The van der Waals surface area contributed by atoms with Crippen LogP contribution in [-0.4, -0.2) is 20.1 Å². The Kier molecular flexibility index (Phi) is 2.42. The normalized spacial score (nSPS) is 18.6. The predicted octanol–water partition coefficient (Wildman–Crippen LogP) is 1.91. The molecule has 1 unspecified atom stereocenters. The molecular formula is C13H16N2O. The molecule has 1 aliphatic rings. The van der Waals surface area contributed by atoms with Gasteiger partial charge in [-0.3, -0.25) is 0 Å². The second-order valence-electron chi connectivity index (χ2n) is 4.37. The van der Waals surface area contributed by atoms with Crippen molar-refractivity contribution in [1.29, 1.82) is 0 Å². The molecule has 1 aliphatic heterocycles. The van der Waals surface area contributed by atoms with Crippen molar-refractivity contribution < 1.29 is 4.42 Å². The Morgan fingerprint density at radius 1 is 1.38 bits per heavy atom. The summed E-state index contributed by atoms with van der Waals surface area (Å²) in [5.41, 5.74) is 2.26. The van der Waals surface area contributed by atoms with Gasteiger partial charge in [-0.15, -0.1) is 0 Å². The maximum Gasteiger partial charge on any atom is 0.134 e. The molecule has 0 bridgehead atoms. The van der Waals surface area contributed by atoms with E-state index in [4.69, 9.17) is 4.42 Å². The summed E-state index contributed by atoms with van der Waals surface area (Å²) in [4.78, 5) is 0. The van der Waals surface area contributed by atoms with Crippen LogP contribution in [0.3, 0.4) is 0 Å². The van der Waals surface area contributed by atoms with Crippen molar-refractivity contribution in [3.05, 3.63) is 36.1 Å². The zero-order chi connectivity index (χ0) is 11.0. The van der Waals surface area contributed by atoms with E-state index in [-0.39, 0.29) is 0 Å². The summed E-state index contributed by atoms with van der Waals surface area (Å²) >= 11 is 0. The van der Waals surface area contributed by atoms with Gasteiger partial charge in [0.15, 0.2) is 0 Å². The molecular weight excluding hydrogens is 200 g/mol. The first-order valence-corrected chi connectivity index (χ1v) is 5.74. The van der Waals surface area contributed by atoms with Gasteiger partial charge in [-0.05, 0) is 13.1 Å². The molecule has 1 fully saturated rings. The molecule has 84 valence electrons. The summed E-state index contributed by atoms with van der Waals surface area (Å²) in [6.07, 6.45) is 1.89. The molecule has 0 amide bonds. The zero-order valence-electron chi connectivity index (χ0n) is 9.36. The van der Waals surface area contributed by atoms with Crippen LogP contribution in [0.1, 0.15) is 11.6 Å². The van der Waals surface area contributed by atoms with Crippen molar-refractivity contribution in [2.24, 2.45) is 5.92 Å². The van der Waals surface area contributed by atoms with Gasteiger partial charge in [-0.2, -0.15) is 0 Å². The van der Waals surface area contributed by atoms with Crippen molar-refractivity contribution >= 4 is 11.0 Å². The van der Waals surface area contributed by atoms with E-state index >= 15 is 0 Å². The highest BCUT2D eigenvalue weighted by atomic mass is 16.3. The predicted molar refractivity (Wildman–Crippen MR) is 64.4 cm³/mol. The van der Waals surface area contributed by atoms with Crippen LogP contribution in [0.25, 0.3) is 11.0 Å². The van der Waals surface area contributed by atoms with Crippen LogP contribution in [-0.2, 0) is 0 Å². The van der Waals surface area contributed by atoms with Crippen molar-refractivity contribution in [1.82, 2.24) is 10.6 Å². The minimum Gasteiger partial charge on any atom is -0.464 e. The van der Waals surface area contributed by atoms with Crippen LogP contribution in [0.4, 0.5) is 0 Å². The number of nitrogens with one attached hydrogen (secondary N) is 2. The Balaban J connectivity index is 2.02. The number of benzene rings is 1. The van der Waals surface area contributed by atoms with Gasteiger partial charge in [0.25, 0.3) is 0 Å². The molecule has 3 nitrogen and oxygen atoms in total. The Bertz CT molecular complexity index is 487. The molecule has 0 radical (unpaired) electrons. The molecule has 1 aromatic heterocycles. The third kappa shape index (κ3) is 1.44. The number of fused-ring (bicyclic) bond motifs is 1. The summed E-state index contributed by atoms with van der Waals surface area (Å²) in [6, 6.07) is 8.61. The molecule has 1 atom stereocenters. The Morgan fingerprint density at radius 2 is 2.19 bits per heavy atom. The lowest BCUT2D eigenvalue weighted by Crippen LogP contribution is -2.48. The molecule has 2 N–H and O–H groups in total. The lowest BCUT2D eigenvalue weighted by molar-refractivity contribution is 0.268. The average molecular weight is 216 g/mol. The summed E-state index contributed by atoms with van der Waals surface area (Å²) < 4.78 is 5.59. The smallest absolute Gasteiger partial charge is 0.134 e. The zero-order valence-corrected chi connectivity index (χ0v) is 9.36. The van der Waals surface area contributed by atoms with Gasteiger partial charge in [0, 0.05) is 36.0 Å². The van der Waals surface area contributed by atoms with E-state index in [9.17, 15) is 0 Å². The number of para-hydroxylation sites is 1. The Hall–Kier alpha value is -1.32. The highest BCUT2D eigenvalue weighted by Crippen LogP contribution is 2.31. The van der Waals surface area contributed by atoms with Gasteiger partial charge in [0.1, 0.15) is 5.58 Å². The van der Waals surface area contributed by atoms with Crippen molar-refractivity contribution in [3.8, 4) is 0 Å². The first kappa shape index (κ1) is 9.87. The van der Waals surface area contributed by atoms with E-state index in [0.717, 1.165) is 18.7 Å².